The number of aliphatic carboxylic acids is 1. The van der Waals surface area contributed by atoms with E-state index in [9.17, 15) is 14.0 Å². The fourth-order valence-corrected chi connectivity index (χ4v) is 2.21. The van der Waals surface area contributed by atoms with E-state index in [2.05, 4.69) is 0 Å². The maximum absolute atomic E-state index is 13.5. The minimum Gasteiger partial charge on any atom is -0.480 e. The molecule has 0 radical (unpaired) electrons. The Labute approximate surface area is 124 Å². The number of rotatable bonds is 8. The molecule has 1 amide bonds. The highest BCUT2D eigenvalue weighted by atomic mass is 19.1. The van der Waals surface area contributed by atoms with Crippen molar-refractivity contribution in [2.75, 3.05) is 13.1 Å². The molecule has 0 spiro atoms. The summed E-state index contributed by atoms with van der Waals surface area (Å²) in [6, 6.07) is 6.49. The number of halogens is 1. The Bertz CT molecular complexity index is 490. The van der Waals surface area contributed by atoms with Gasteiger partial charge in [-0.05, 0) is 30.9 Å². The lowest BCUT2D eigenvalue weighted by Gasteiger charge is -2.23. The van der Waals surface area contributed by atoms with Crippen LogP contribution in [0, 0.1) is 11.7 Å². The summed E-state index contributed by atoms with van der Waals surface area (Å²) in [4.78, 5) is 24.4. The molecule has 0 aliphatic heterocycles. The number of carboxylic acids is 1. The molecule has 1 aromatic carbocycles. The van der Waals surface area contributed by atoms with Gasteiger partial charge < -0.3 is 10.0 Å². The number of hydrogen-bond acceptors (Lipinski definition) is 2. The summed E-state index contributed by atoms with van der Waals surface area (Å²) in [7, 11) is 0. The van der Waals surface area contributed by atoms with Gasteiger partial charge in [-0.1, -0.05) is 32.0 Å². The summed E-state index contributed by atoms with van der Waals surface area (Å²) < 4.78 is 13.5. The Kier molecular flexibility index (Phi) is 6.85. The number of carbonyl (C=O) groups is 2. The van der Waals surface area contributed by atoms with Gasteiger partial charge >= 0.3 is 5.97 Å². The molecule has 0 saturated heterocycles. The molecule has 21 heavy (non-hydrogen) atoms. The molecular formula is C16H22FNO3. The lowest BCUT2D eigenvalue weighted by molar-refractivity contribution is -0.146. The first kappa shape index (κ1) is 17.1. The molecule has 0 heterocycles. The van der Waals surface area contributed by atoms with Crippen molar-refractivity contribution in [3.8, 4) is 0 Å². The van der Waals surface area contributed by atoms with Crippen molar-refractivity contribution in [2.45, 2.75) is 33.1 Å². The zero-order valence-corrected chi connectivity index (χ0v) is 12.5. The Morgan fingerprint density at radius 3 is 2.57 bits per heavy atom. The van der Waals surface area contributed by atoms with Crippen LogP contribution in [0.5, 0.6) is 0 Å². The molecule has 1 aromatic rings. The summed E-state index contributed by atoms with van der Waals surface area (Å²) >= 11 is 0. The number of hydrogen-bond donors (Lipinski definition) is 1. The normalized spacial score (nSPS) is 12.0. The lowest BCUT2D eigenvalue weighted by Crippen LogP contribution is -2.39. The molecule has 0 aliphatic rings. The van der Waals surface area contributed by atoms with Gasteiger partial charge in [-0.2, -0.15) is 0 Å². The van der Waals surface area contributed by atoms with Crippen molar-refractivity contribution < 1.29 is 19.1 Å². The van der Waals surface area contributed by atoms with E-state index in [-0.39, 0.29) is 24.2 Å². The molecule has 4 nitrogen and oxygen atoms in total. The topological polar surface area (TPSA) is 57.6 Å². The van der Waals surface area contributed by atoms with Crippen molar-refractivity contribution >= 4 is 11.9 Å². The molecule has 5 heteroatoms. The van der Waals surface area contributed by atoms with E-state index >= 15 is 0 Å². The van der Waals surface area contributed by atoms with Crippen LogP contribution in [0.1, 0.15) is 32.3 Å². The fraction of sp³-hybridized carbons (Fsp3) is 0.500. The van der Waals surface area contributed by atoms with Crippen LogP contribution in [-0.4, -0.2) is 35.0 Å². The second-order valence-electron chi connectivity index (χ2n) is 5.18. The molecule has 0 bridgehead atoms. The Hall–Kier alpha value is -1.91. The van der Waals surface area contributed by atoms with E-state index in [0.717, 1.165) is 0 Å². The van der Waals surface area contributed by atoms with Gasteiger partial charge in [0, 0.05) is 12.5 Å². The van der Waals surface area contributed by atoms with Crippen molar-refractivity contribution in [3.63, 3.8) is 0 Å². The quantitative estimate of drug-likeness (QED) is 0.802. The van der Waals surface area contributed by atoms with Crippen LogP contribution in [-0.2, 0) is 16.0 Å². The molecule has 1 unspecified atom stereocenters. The second-order valence-corrected chi connectivity index (χ2v) is 5.18. The molecule has 1 rings (SSSR count). The molecular weight excluding hydrogens is 273 g/mol. The monoisotopic (exact) mass is 295 g/mol. The van der Waals surface area contributed by atoms with E-state index in [1.165, 1.54) is 11.0 Å². The minimum atomic E-state index is -1.02. The number of benzene rings is 1. The number of nitrogens with zero attached hydrogens (tertiary/aromatic N) is 1. The molecule has 0 aliphatic carbocycles. The van der Waals surface area contributed by atoms with E-state index in [4.69, 9.17) is 5.11 Å². The van der Waals surface area contributed by atoms with Gasteiger partial charge in [0.05, 0.1) is 0 Å². The zero-order chi connectivity index (χ0) is 15.8. The highest BCUT2D eigenvalue weighted by molar-refractivity contribution is 5.82. The van der Waals surface area contributed by atoms with Crippen LogP contribution < -0.4 is 0 Å². The third-order valence-corrected chi connectivity index (χ3v) is 3.36. The van der Waals surface area contributed by atoms with Gasteiger partial charge in [0.1, 0.15) is 12.4 Å². The van der Waals surface area contributed by atoms with Crippen molar-refractivity contribution in [1.29, 1.82) is 0 Å². The van der Waals surface area contributed by atoms with Gasteiger partial charge in [0.25, 0.3) is 0 Å². The van der Waals surface area contributed by atoms with Crippen LogP contribution in [0.25, 0.3) is 0 Å². The Balaban J connectivity index is 2.60. The first-order chi connectivity index (χ1) is 9.95. The molecule has 116 valence electrons. The molecule has 0 fully saturated rings. The minimum absolute atomic E-state index is 0.185. The summed E-state index contributed by atoms with van der Waals surface area (Å²) in [6.07, 6.45) is 1.67. The maximum atomic E-state index is 13.5. The van der Waals surface area contributed by atoms with Gasteiger partial charge in [0.2, 0.25) is 5.91 Å². The first-order valence-electron chi connectivity index (χ1n) is 7.19. The first-order valence-corrected chi connectivity index (χ1v) is 7.19. The number of carbonyl (C=O) groups excluding carboxylic acids is 1. The SMILES string of the molecule is CCCN(CC(=O)O)C(=O)C(C)CCc1ccccc1F. The second kappa shape index (κ2) is 8.39. The summed E-state index contributed by atoms with van der Waals surface area (Å²) in [5, 5.41) is 8.84. The Morgan fingerprint density at radius 1 is 1.33 bits per heavy atom. The largest absolute Gasteiger partial charge is 0.480 e. The van der Waals surface area contributed by atoms with Crippen LogP contribution in [0.2, 0.25) is 0 Å². The lowest BCUT2D eigenvalue weighted by atomic mass is 9.99. The number of aryl methyl sites for hydroxylation is 1. The van der Waals surface area contributed by atoms with E-state index in [1.807, 2.05) is 6.92 Å². The van der Waals surface area contributed by atoms with E-state index in [1.54, 1.807) is 25.1 Å². The van der Waals surface area contributed by atoms with Gasteiger partial charge in [-0.15, -0.1) is 0 Å². The van der Waals surface area contributed by atoms with Crippen LogP contribution in [0.4, 0.5) is 4.39 Å². The molecule has 1 atom stereocenters. The van der Waals surface area contributed by atoms with Crippen LogP contribution >= 0.6 is 0 Å². The third kappa shape index (κ3) is 5.53. The van der Waals surface area contributed by atoms with Gasteiger partial charge in [-0.25, -0.2) is 4.39 Å². The smallest absolute Gasteiger partial charge is 0.323 e. The van der Waals surface area contributed by atoms with Gasteiger partial charge in [-0.3, -0.25) is 9.59 Å². The fourth-order valence-electron chi connectivity index (χ4n) is 2.21. The molecule has 0 saturated carbocycles. The van der Waals surface area contributed by atoms with Crippen LogP contribution in [0.15, 0.2) is 24.3 Å². The maximum Gasteiger partial charge on any atom is 0.323 e. The predicted molar refractivity (Wildman–Crippen MR) is 78.4 cm³/mol. The molecule has 1 N–H and O–H groups in total. The standard InChI is InChI=1S/C16H22FNO3/c1-3-10-18(11-15(19)20)16(21)12(2)8-9-13-6-4-5-7-14(13)17/h4-7,12H,3,8-11H2,1-2H3,(H,19,20). The van der Waals surface area contributed by atoms with Crippen molar-refractivity contribution in [3.05, 3.63) is 35.6 Å². The third-order valence-electron chi connectivity index (χ3n) is 3.36. The predicted octanol–water partition coefficient (Wildman–Crippen LogP) is 2.72. The van der Waals surface area contributed by atoms with Crippen LogP contribution in [0.3, 0.4) is 0 Å². The average Bonchev–Trinajstić information content (AvgIpc) is 2.44. The number of amides is 1. The number of carboxylic acid groups (broad SMARTS) is 1. The average molecular weight is 295 g/mol. The van der Waals surface area contributed by atoms with Gasteiger partial charge in [0.15, 0.2) is 0 Å². The Morgan fingerprint density at radius 2 is 2.00 bits per heavy atom. The highest BCUT2D eigenvalue weighted by Crippen LogP contribution is 2.15. The molecule has 0 aromatic heterocycles. The van der Waals surface area contributed by atoms with Crippen molar-refractivity contribution in [2.24, 2.45) is 5.92 Å². The van der Waals surface area contributed by atoms with E-state index in [0.29, 0.717) is 31.4 Å². The summed E-state index contributed by atoms with van der Waals surface area (Å²) in [6.45, 7) is 3.80. The van der Waals surface area contributed by atoms with Crippen molar-refractivity contribution in [1.82, 2.24) is 4.90 Å². The summed E-state index contributed by atoms with van der Waals surface area (Å²) in [5.74, 6) is -1.79. The zero-order valence-electron chi connectivity index (χ0n) is 12.5. The highest BCUT2D eigenvalue weighted by Gasteiger charge is 2.21. The summed E-state index contributed by atoms with van der Waals surface area (Å²) in [5.41, 5.74) is 0.581. The van der Waals surface area contributed by atoms with E-state index < -0.39 is 5.97 Å².